The molecule has 0 radical (unpaired) electrons. The van der Waals surface area contributed by atoms with Crippen LogP contribution in [-0.2, 0) is 6.54 Å². The molecule has 2 aliphatic carbocycles. The van der Waals surface area contributed by atoms with Crippen molar-refractivity contribution in [2.24, 2.45) is 5.41 Å². The highest BCUT2D eigenvalue weighted by atomic mass is 16.4. The minimum absolute atomic E-state index is 0.492. The lowest BCUT2D eigenvalue weighted by molar-refractivity contribution is 0.219. The second kappa shape index (κ2) is 5.35. The largest absolute Gasteiger partial charge is 0.407 e. The average molecular weight is 278 g/mol. The highest BCUT2D eigenvalue weighted by Crippen LogP contribution is 2.37. The molecule has 1 heterocycles. The van der Waals surface area contributed by atoms with E-state index in [1.165, 1.54) is 38.5 Å². The van der Waals surface area contributed by atoms with Crippen molar-refractivity contribution in [2.45, 2.75) is 71.0 Å². The lowest BCUT2D eigenvalue weighted by Gasteiger charge is -2.37. The summed E-state index contributed by atoms with van der Waals surface area (Å²) < 4.78 is 5.77. The number of rotatable bonds is 5. The van der Waals surface area contributed by atoms with E-state index in [-0.39, 0.29) is 0 Å². The van der Waals surface area contributed by atoms with Crippen LogP contribution in [0.1, 0.15) is 58.3 Å². The van der Waals surface area contributed by atoms with Crippen molar-refractivity contribution in [1.29, 1.82) is 0 Å². The van der Waals surface area contributed by atoms with Crippen molar-refractivity contribution < 1.29 is 4.42 Å². The maximum absolute atomic E-state index is 5.77. The fraction of sp³-hybridized carbons (Fsp3) is 0.867. The Bertz CT molecular complexity index is 442. The number of hydrogen-bond donors (Lipinski definition) is 1. The zero-order chi connectivity index (χ0) is 14.2. The molecule has 112 valence electrons. The lowest BCUT2D eigenvalue weighted by Crippen LogP contribution is -2.37. The van der Waals surface area contributed by atoms with E-state index in [9.17, 15) is 0 Å². The van der Waals surface area contributed by atoms with Crippen LogP contribution in [0, 0.1) is 5.41 Å². The van der Waals surface area contributed by atoms with Gasteiger partial charge < -0.3 is 14.6 Å². The lowest BCUT2D eigenvalue weighted by atomic mass is 9.75. The van der Waals surface area contributed by atoms with E-state index in [0.717, 1.165) is 0 Å². The number of nitrogens with one attached hydrogen (secondary N) is 1. The van der Waals surface area contributed by atoms with Crippen LogP contribution in [0.15, 0.2) is 4.42 Å². The smallest absolute Gasteiger partial charge is 0.318 e. The first-order valence-corrected chi connectivity index (χ1v) is 7.82. The fourth-order valence-electron chi connectivity index (χ4n) is 2.91. The first-order chi connectivity index (χ1) is 9.53. The first kappa shape index (κ1) is 13.9. The molecule has 0 bridgehead atoms. The Kier molecular flexibility index (Phi) is 3.71. The summed E-state index contributed by atoms with van der Waals surface area (Å²) in [4.78, 5) is 2.17. The zero-order valence-corrected chi connectivity index (χ0v) is 12.9. The van der Waals surface area contributed by atoms with Crippen molar-refractivity contribution in [2.75, 3.05) is 11.9 Å². The minimum atomic E-state index is 0.492. The molecule has 1 N–H and O–H groups in total. The molecule has 2 fully saturated rings. The Hall–Kier alpha value is -1.10. The Morgan fingerprint density at radius 2 is 1.90 bits per heavy atom. The van der Waals surface area contributed by atoms with E-state index in [2.05, 4.69) is 41.3 Å². The molecule has 1 aromatic heterocycles. The third kappa shape index (κ3) is 3.32. The van der Waals surface area contributed by atoms with Crippen molar-refractivity contribution in [3.8, 4) is 0 Å². The van der Waals surface area contributed by atoms with Crippen LogP contribution in [0.3, 0.4) is 0 Å². The summed E-state index contributed by atoms with van der Waals surface area (Å²) in [5.41, 5.74) is 0.492. The van der Waals surface area contributed by atoms with E-state index in [0.29, 0.717) is 35.9 Å². The van der Waals surface area contributed by atoms with Crippen molar-refractivity contribution in [3.05, 3.63) is 5.89 Å². The van der Waals surface area contributed by atoms with E-state index < -0.39 is 0 Å². The van der Waals surface area contributed by atoms with Gasteiger partial charge in [-0.3, -0.25) is 0 Å². The molecular formula is C15H26N4O. The standard InChI is InChI=1S/C15H26N4O/c1-15(2)8-6-12(7-9-15)19(3)14-18-17-13(20-14)10-16-11-4-5-11/h11-12,16H,4-10H2,1-3H3. The van der Waals surface area contributed by atoms with Crippen LogP contribution in [0.2, 0.25) is 0 Å². The van der Waals surface area contributed by atoms with Gasteiger partial charge in [-0.15, -0.1) is 5.10 Å². The van der Waals surface area contributed by atoms with Gasteiger partial charge in [0.2, 0.25) is 5.89 Å². The number of aromatic nitrogens is 2. The minimum Gasteiger partial charge on any atom is -0.407 e. The highest BCUT2D eigenvalue weighted by Gasteiger charge is 2.30. The van der Waals surface area contributed by atoms with Crippen LogP contribution in [0.4, 0.5) is 6.01 Å². The van der Waals surface area contributed by atoms with Crippen LogP contribution < -0.4 is 10.2 Å². The zero-order valence-electron chi connectivity index (χ0n) is 12.9. The molecule has 0 saturated heterocycles. The fourth-order valence-corrected chi connectivity index (χ4v) is 2.91. The monoisotopic (exact) mass is 278 g/mol. The van der Waals surface area contributed by atoms with Gasteiger partial charge in [0, 0.05) is 19.1 Å². The van der Waals surface area contributed by atoms with Gasteiger partial charge in [0.15, 0.2) is 0 Å². The van der Waals surface area contributed by atoms with E-state index in [1.54, 1.807) is 0 Å². The topological polar surface area (TPSA) is 54.2 Å². The second-order valence-corrected chi connectivity index (χ2v) is 7.14. The number of anilines is 1. The van der Waals surface area contributed by atoms with Crippen molar-refractivity contribution >= 4 is 6.01 Å². The summed E-state index contributed by atoms with van der Waals surface area (Å²) in [5, 5.41) is 11.7. The molecule has 1 aromatic rings. The SMILES string of the molecule is CN(c1nnc(CNC2CC2)o1)C1CCC(C)(C)CC1. The molecule has 5 heteroatoms. The third-order valence-corrected chi connectivity index (χ3v) is 4.73. The Morgan fingerprint density at radius 3 is 2.55 bits per heavy atom. The van der Waals surface area contributed by atoms with Crippen molar-refractivity contribution in [3.63, 3.8) is 0 Å². The number of hydrogen-bond acceptors (Lipinski definition) is 5. The second-order valence-electron chi connectivity index (χ2n) is 7.14. The summed E-state index contributed by atoms with van der Waals surface area (Å²) in [7, 11) is 2.08. The molecule has 0 unspecified atom stereocenters. The summed E-state index contributed by atoms with van der Waals surface area (Å²) in [5.74, 6) is 0.704. The molecule has 0 aliphatic heterocycles. The average Bonchev–Trinajstić information content (AvgIpc) is 3.13. The molecule has 5 nitrogen and oxygen atoms in total. The molecule has 3 rings (SSSR count). The summed E-state index contributed by atoms with van der Waals surface area (Å²) >= 11 is 0. The normalized spacial score (nSPS) is 22.9. The summed E-state index contributed by atoms with van der Waals surface area (Å²) in [6, 6.07) is 1.87. The maximum Gasteiger partial charge on any atom is 0.318 e. The maximum atomic E-state index is 5.77. The van der Waals surface area contributed by atoms with Gasteiger partial charge in [0.1, 0.15) is 0 Å². The highest BCUT2D eigenvalue weighted by molar-refractivity contribution is 5.25. The van der Waals surface area contributed by atoms with Gasteiger partial charge in [0.25, 0.3) is 0 Å². The molecule has 0 amide bonds. The summed E-state index contributed by atoms with van der Waals surface area (Å²) in [6.07, 6.45) is 7.51. The molecular weight excluding hydrogens is 252 g/mol. The molecule has 0 aromatic carbocycles. The van der Waals surface area contributed by atoms with Gasteiger partial charge in [-0.05, 0) is 43.9 Å². The Morgan fingerprint density at radius 1 is 1.20 bits per heavy atom. The number of nitrogens with zero attached hydrogens (tertiary/aromatic N) is 3. The van der Waals surface area contributed by atoms with E-state index >= 15 is 0 Å². The van der Waals surface area contributed by atoms with Gasteiger partial charge in [-0.2, -0.15) is 0 Å². The van der Waals surface area contributed by atoms with Gasteiger partial charge in [-0.1, -0.05) is 18.9 Å². The molecule has 0 atom stereocenters. The van der Waals surface area contributed by atoms with Crippen LogP contribution in [-0.4, -0.2) is 29.3 Å². The van der Waals surface area contributed by atoms with Gasteiger partial charge in [0.05, 0.1) is 6.54 Å². The molecule has 2 aliphatic rings. The third-order valence-electron chi connectivity index (χ3n) is 4.73. The van der Waals surface area contributed by atoms with Gasteiger partial charge in [-0.25, -0.2) is 0 Å². The molecule has 2 saturated carbocycles. The Labute approximate surface area is 121 Å². The van der Waals surface area contributed by atoms with Crippen molar-refractivity contribution in [1.82, 2.24) is 15.5 Å². The quantitative estimate of drug-likeness (QED) is 0.897. The van der Waals surface area contributed by atoms with Gasteiger partial charge >= 0.3 is 6.01 Å². The van der Waals surface area contributed by atoms with Crippen LogP contribution in [0.25, 0.3) is 0 Å². The van der Waals surface area contributed by atoms with E-state index in [4.69, 9.17) is 4.42 Å². The first-order valence-electron chi connectivity index (χ1n) is 7.82. The van der Waals surface area contributed by atoms with Crippen LogP contribution >= 0.6 is 0 Å². The van der Waals surface area contributed by atoms with Crippen LogP contribution in [0.5, 0.6) is 0 Å². The molecule has 0 spiro atoms. The molecule has 20 heavy (non-hydrogen) atoms. The summed E-state index contributed by atoms with van der Waals surface area (Å²) in [6.45, 7) is 5.42. The van der Waals surface area contributed by atoms with E-state index in [1.807, 2.05) is 0 Å². The predicted molar refractivity (Wildman–Crippen MR) is 78.6 cm³/mol. The Balaban J connectivity index is 1.55. The predicted octanol–water partition coefficient (Wildman–Crippen LogP) is 2.73.